The van der Waals surface area contributed by atoms with E-state index in [0.717, 1.165) is 0 Å². The van der Waals surface area contributed by atoms with Crippen LogP contribution in [-0.4, -0.2) is 4.98 Å². The fourth-order valence-electron chi connectivity index (χ4n) is 2.26. The van der Waals surface area contributed by atoms with Gasteiger partial charge in [-0.15, -0.1) is 11.3 Å². The van der Waals surface area contributed by atoms with Crippen LogP contribution in [0.2, 0.25) is 0 Å². The van der Waals surface area contributed by atoms with Crippen molar-refractivity contribution in [3.8, 4) is 10.4 Å². The molecular weight excluding hydrogens is 238 g/mol. The first-order valence-corrected chi connectivity index (χ1v) is 7.97. The van der Waals surface area contributed by atoms with Crippen LogP contribution < -0.4 is 0 Å². The second-order valence-electron chi connectivity index (χ2n) is 4.87. The van der Waals surface area contributed by atoms with Gasteiger partial charge in [0.1, 0.15) is 0 Å². The van der Waals surface area contributed by atoms with Crippen LogP contribution in [0, 0.1) is 0 Å². The number of H-pyrrole nitrogens is 1. The van der Waals surface area contributed by atoms with E-state index in [1.54, 1.807) is 0 Å². The van der Waals surface area contributed by atoms with Crippen molar-refractivity contribution in [2.24, 2.45) is 0 Å². The molecule has 0 bridgehead atoms. The summed E-state index contributed by atoms with van der Waals surface area (Å²) in [5, 5.41) is 2.16. The molecule has 1 nitrogen and oxygen atoms in total. The fraction of sp³-hybridized carbons (Fsp3) is 0.500. The smallest absolute Gasteiger partial charge is 0.0360 e. The van der Waals surface area contributed by atoms with E-state index < -0.39 is 0 Å². The number of unbranched alkanes of at least 4 members (excludes halogenated alkanes) is 2. The van der Waals surface area contributed by atoms with E-state index in [2.05, 4.69) is 42.4 Å². The van der Waals surface area contributed by atoms with Crippen LogP contribution in [0.15, 0.2) is 23.6 Å². The Labute approximate surface area is 114 Å². The van der Waals surface area contributed by atoms with Crippen molar-refractivity contribution in [1.29, 1.82) is 0 Å². The Morgan fingerprint density at radius 2 is 1.89 bits per heavy atom. The van der Waals surface area contributed by atoms with Crippen molar-refractivity contribution < 1.29 is 0 Å². The van der Waals surface area contributed by atoms with Crippen LogP contribution in [0.4, 0.5) is 0 Å². The van der Waals surface area contributed by atoms with Crippen molar-refractivity contribution in [2.45, 2.75) is 52.4 Å². The summed E-state index contributed by atoms with van der Waals surface area (Å²) in [4.78, 5) is 5.05. The molecule has 0 saturated carbocycles. The van der Waals surface area contributed by atoms with Crippen LogP contribution >= 0.6 is 11.3 Å². The van der Waals surface area contributed by atoms with Crippen LogP contribution in [0.5, 0.6) is 0 Å². The van der Waals surface area contributed by atoms with Gasteiger partial charge in [-0.2, -0.15) is 0 Å². The minimum absolute atomic E-state index is 1.18. The highest BCUT2D eigenvalue weighted by atomic mass is 32.1. The van der Waals surface area contributed by atoms with Gasteiger partial charge in [-0.3, -0.25) is 0 Å². The zero-order valence-corrected chi connectivity index (χ0v) is 12.3. The highest BCUT2D eigenvalue weighted by Crippen LogP contribution is 2.30. The lowest BCUT2D eigenvalue weighted by atomic mass is 10.1. The third kappa shape index (κ3) is 3.26. The molecule has 2 rings (SSSR count). The number of nitrogens with one attached hydrogen (secondary N) is 1. The van der Waals surface area contributed by atoms with E-state index in [1.165, 1.54) is 60.4 Å². The monoisotopic (exact) mass is 261 g/mol. The third-order valence-electron chi connectivity index (χ3n) is 3.32. The molecule has 2 heterocycles. The molecule has 0 aliphatic heterocycles. The molecule has 1 N–H and O–H groups in total. The molecule has 0 aliphatic carbocycles. The number of thiophene rings is 1. The van der Waals surface area contributed by atoms with Crippen LogP contribution in [0.1, 0.15) is 50.9 Å². The fourth-order valence-corrected chi connectivity index (χ4v) is 3.03. The minimum atomic E-state index is 1.18. The molecule has 0 fully saturated rings. The zero-order chi connectivity index (χ0) is 12.8. The van der Waals surface area contributed by atoms with E-state index in [1.807, 2.05) is 11.3 Å². The summed E-state index contributed by atoms with van der Waals surface area (Å²) in [5.74, 6) is 0. The van der Waals surface area contributed by atoms with E-state index >= 15 is 0 Å². The van der Waals surface area contributed by atoms with Gasteiger partial charge in [0, 0.05) is 21.8 Å². The first-order valence-electron chi connectivity index (χ1n) is 7.09. The normalized spacial score (nSPS) is 11.0. The SMILES string of the molecule is CCCCc1cc(-c2cccs2)c(CCCC)[nH]1. The van der Waals surface area contributed by atoms with Gasteiger partial charge in [-0.1, -0.05) is 32.8 Å². The second kappa shape index (κ2) is 6.79. The van der Waals surface area contributed by atoms with Crippen molar-refractivity contribution in [3.05, 3.63) is 35.0 Å². The number of aromatic nitrogens is 1. The summed E-state index contributed by atoms with van der Waals surface area (Å²) in [6.45, 7) is 4.51. The zero-order valence-electron chi connectivity index (χ0n) is 11.5. The minimum Gasteiger partial charge on any atom is -0.362 e. The van der Waals surface area contributed by atoms with Crippen LogP contribution in [0.3, 0.4) is 0 Å². The van der Waals surface area contributed by atoms with Crippen molar-refractivity contribution in [3.63, 3.8) is 0 Å². The Morgan fingerprint density at radius 1 is 1.11 bits per heavy atom. The molecule has 2 aromatic heterocycles. The lowest BCUT2D eigenvalue weighted by Crippen LogP contribution is -1.89. The summed E-state index contributed by atoms with van der Waals surface area (Å²) in [5.41, 5.74) is 4.28. The Morgan fingerprint density at radius 3 is 2.56 bits per heavy atom. The van der Waals surface area contributed by atoms with Gasteiger partial charge in [0.05, 0.1) is 0 Å². The average molecular weight is 261 g/mol. The maximum atomic E-state index is 3.65. The average Bonchev–Trinajstić information content (AvgIpc) is 3.02. The van der Waals surface area contributed by atoms with Crippen LogP contribution in [0.25, 0.3) is 10.4 Å². The summed E-state index contributed by atoms with van der Waals surface area (Å²) in [7, 11) is 0. The first-order chi connectivity index (χ1) is 8.85. The van der Waals surface area contributed by atoms with Gasteiger partial charge in [-0.25, -0.2) is 0 Å². The molecule has 2 heteroatoms. The lowest BCUT2D eigenvalue weighted by molar-refractivity contribution is 0.758. The second-order valence-corrected chi connectivity index (χ2v) is 5.82. The largest absolute Gasteiger partial charge is 0.362 e. The molecule has 0 aliphatic rings. The molecule has 0 amide bonds. The van der Waals surface area contributed by atoms with E-state index in [0.29, 0.717) is 0 Å². The van der Waals surface area contributed by atoms with E-state index in [9.17, 15) is 0 Å². The summed E-state index contributed by atoms with van der Waals surface area (Å²) in [6, 6.07) is 6.74. The van der Waals surface area contributed by atoms with Crippen molar-refractivity contribution in [2.75, 3.05) is 0 Å². The molecule has 2 aromatic rings. The Bertz CT molecular complexity index is 453. The highest BCUT2D eigenvalue weighted by Gasteiger charge is 2.10. The number of hydrogen-bond acceptors (Lipinski definition) is 1. The Balaban J connectivity index is 2.21. The summed E-state index contributed by atoms with van der Waals surface area (Å²) >= 11 is 1.84. The number of aryl methyl sites for hydroxylation is 2. The Kier molecular flexibility index (Phi) is 5.06. The number of rotatable bonds is 7. The summed E-state index contributed by atoms with van der Waals surface area (Å²) in [6.07, 6.45) is 7.42. The quantitative estimate of drug-likeness (QED) is 0.684. The highest BCUT2D eigenvalue weighted by molar-refractivity contribution is 7.13. The molecule has 0 atom stereocenters. The number of hydrogen-bond donors (Lipinski definition) is 1. The standard InChI is InChI=1S/C16H23NS/c1-3-5-8-13-12-14(16-10-7-11-18-16)15(17-13)9-6-4-2/h7,10-12,17H,3-6,8-9H2,1-2H3. The van der Waals surface area contributed by atoms with Crippen molar-refractivity contribution >= 4 is 11.3 Å². The molecule has 0 spiro atoms. The van der Waals surface area contributed by atoms with Crippen LogP contribution in [-0.2, 0) is 12.8 Å². The molecule has 0 radical (unpaired) electrons. The molecule has 0 aromatic carbocycles. The van der Waals surface area contributed by atoms with Gasteiger partial charge in [0.25, 0.3) is 0 Å². The lowest BCUT2D eigenvalue weighted by Gasteiger charge is -2.00. The topological polar surface area (TPSA) is 15.8 Å². The van der Waals surface area contributed by atoms with E-state index in [4.69, 9.17) is 0 Å². The maximum absolute atomic E-state index is 3.65. The molecule has 98 valence electrons. The molecule has 0 saturated heterocycles. The maximum Gasteiger partial charge on any atom is 0.0360 e. The van der Waals surface area contributed by atoms with Crippen molar-refractivity contribution in [1.82, 2.24) is 4.98 Å². The predicted molar refractivity (Wildman–Crippen MR) is 81.3 cm³/mol. The van der Waals surface area contributed by atoms with Gasteiger partial charge < -0.3 is 4.98 Å². The molecule has 18 heavy (non-hydrogen) atoms. The number of aromatic amines is 1. The van der Waals surface area contributed by atoms with Gasteiger partial charge >= 0.3 is 0 Å². The summed E-state index contributed by atoms with van der Waals surface area (Å²) < 4.78 is 0. The third-order valence-corrected chi connectivity index (χ3v) is 4.22. The van der Waals surface area contributed by atoms with E-state index in [-0.39, 0.29) is 0 Å². The van der Waals surface area contributed by atoms with Gasteiger partial charge in [-0.05, 0) is 43.2 Å². The predicted octanol–water partition coefficient (Wildman–Crippen LogP) is 5.43. The Hall–Kier alpha value is -1.02. The van der Waals surface area contributed by atoms with Gasteiger partial charge in [0.15, 0.2) is 0 Å². The molecule has 0 unspecified atom stereocenters. The molecular formula is C16H23NS. The van der Waals surface area contributed by atoms with Gasteiger partial charge in [0.2, 0.25) is 0 Å². The first kappa shape index (κ1) is 13.4.